The van der Waals surface area contributed by atoms with Gasteiger partial charge in [-0.05, 0) is 49.7 Å². The first-order valence-corrected chi connectivity index (χ1v) is 15.7. The summed E-state index contributed by atoms with van der Waals surface area (Å²) in [5.41, 5.74) is 1.40. The Labute approximate surface area is 256 Å². The molecule has 3 aromatic rings. The molecule has 0 saturated heterocycles. The predicted molar refractivity (Wildman–Crippen MR) is 164 cm³/mol. The topological polar surface area (TPSA) is 96.0 Å². The van der Waals surface area contributed by atoms with Gasteiger partial charge in [-0.3, -0.25) is 13.9 Å². The summed E-state index contributed by atoms with van der Waals surface area (Å²) in [6.07, 6.45) is 1.15. The minimum absolute atomic E-state index is 0.138. The zero-order valence-corrected chi connectivity index (χ0v) is 26.2. The molecule has 0 aromatic heterocycles. The molecule has 3 rings (SSSR count). The van der Waals surface area contributed by atoms with Crippen LogP contribution in [0.25, 0.3) is 0 Å². The van der Waals surface area contributed by atoms with E-state index in [1.54, 1.807) is 18.2 Å². The Morgan fingerprint density at radius 1 is 0.927 bits per heavy atom. The summed E-state index contributed by atoms with van der Waals surface area (Å²) in [5, 5.41) is 3.67. The van der Waals surface area contributed by atoms with Crippen molar-refractivity contribution in [1.29, 1.82) is 0 Å². The smallest absolute Gasteiger partial charge is 0.244 e. The highest BCUT2D eigenvalue weighted by molar-refractivity contribution is 7.92. The number of ether oxygens (including phenoxy) is 1. The Bertz CT molecular complexity index is 1470. The molecule has 220 valence electrons. The first-order valence-electron chi connectivity index (χ1n) is 12.7. The maximum absolute atomic E-state index is 14.1. The highest BCUT2D eigenvalue weighted by Crippen LogP contribution is 2.31. The summed E-state index contributed by atoms with van der Waals surface area (Å²) in [6.45, 7) is 2.88. The number of benzene rings is 3. The molecule has 0 saturated carbocycles. The number of nitrogens with zero attached hydrogens (tertiary/aromatic N) is 2. The van der Waals surface area contributed by atoms with Gasteiger partial charge in [0.15, 0.2) is 0 Å². The van der Waals surface area contributed by atoms with Crippen molar-refractivity contribution in [1.82, 2.24) is 10.2 Å². The number of rotatable bonds is 12. The maximum atomic E-state index is 14.1. The van der Waals surface area contributed by atoms with Gasteiger partial charge in [0, 0.05) is 34.6 Å². The number of nitrogens with one attached hydrogen (secondary N) is 1. The van der Waals surface area contributed by atoms with Crippen molar-refractivity contribution in [2.45, 2.75) is 38.9 Å². The molecule has 12 heteroatoms. The first-order chi connectivity index (χ1) is 19.3. The van der Waals surface area contributed by atoms with E-state index in [2.05, 4.69) is 5.32 Å². The Kier molecular flexibility index (Phi) is 11.3. The van der Waals surface area contributed by atoms with Gasteiger partial charge in [0.05, 0.1) is 24.1 Å². The van der Waals surface area contributed by atoms with Crippen molar-refractivity contribution in [2.75, 3.05) is 24.2 Å². The van der Waals surface area contributed by atoms with Crippen LogP contribution in [-0.2, 0) is 32.6 Å². The van der Waals surface area contributed by atoms with Crippen LogP contribution in [0.2, 0.25) is 15.1 Å². The summed E-state index contributed by atoms with van der Waals surface area (Å²) >= 11 is 19.2. The van der Waals surface area contributed by atoms with Crippen LogP contribution in [0.4, 0.5) is 5.69 Å². The number of sulfonamides is 1. The van der Waals surface area contributed by atoms with Crippen LogP contribution in [0.15, 0.2) is 66.7 Å². The van der Waals surface area contributed by atoms with Crippen LogP contribution >= 0.6 is 34.8 Å². The first kappa shape index (κ1) is 32.5. The highest BCUT2D eigenvalue weighted by atomic mass is 35.5. The molecule has 1 N–H and O–H groups in total. The number of hydrogen-bond acceptors (Lipinski definition) is 5. The van der Waals surface area contributed by atoms with Gasteiger partial charge >= 0.3 is 0 Å². The molecule has 0 spiro atoms. The lowest BCUT2D eigenvalue weighted by Crippen LogP contribution is -2.54. The number of carbonyl (C=O) groups is 2. The van der Waals surface area contributed by atoms with Gasteiger partial charge in [-0.2, -0.15) is 0 Å². The van der Waals surface area contributed by atoms with E-state index in [4.69, 9.17) is 39.5 Å². The van der Waals surface area contributed by atoms with Crippen molar-refractivity contribution < 1.29 is 22.7 Å². The monoisotopic (exact) mass is 639 g/mol. The fourth-order valence-corrected chi connectivity index (χ4v) is 5.82. The fraction of sp³-hybridized carbons (Fsp3) is 0.310. The third-order valence-corrected chi connectivity index (χ3v) is 8.34. The van der Waals surface area contributed by atoms with E-state index < -0.39 is 34.4 Å². The zero-order valence-electron chi connectivity index (χ0n) is 23.1. The van der Waals surface area contributed by atoms with Crippen molar-refractivity contribution in [3.05, 3.63) is 92.9 Å². The van der Waals surface area contributed by atoms with Crippen LogP contribution in [0.1, 0.15) is 25.0 Å². The second-order valence-electron chi connectivity index (χ2n) is 9.68. The van der Waals surface area contributed by atoms with Crippen molar-refractivity contribution in [2.24, 2.45) is 0 Å². The lowest BCUT2D eigenvalue weighted by atomic mass is 10.0. The summed E-state index contributed by atoms with van der Waals surface area (Å²) in [7, 11) is -2.53. The Morgan fingerprint density at radius 3 is 2.10 bits per heavy atom. The fourth-order valence-electron chi connectivity index (χ4n) is 4.21. The lowest BCUT2D eigenvalue weighted by molar-refractivity contribution is -0.140. The quantitative estimate of drug-likeness (QED) is 0.279. The molecule has 0 aliphatic heterocycles. The summed E-state index contributed by atoms with van der Waals surface area (Å²) in [6, 6.07) is 17.3. The number of anilines is 1. The van der Waals surface area contributed by atoms with Gasteiger partial charge in [0.25, 0.3) is 0 Å². The maximum Gasteiger partial charge on any atom is 0.244 e. The second-order valence-corrected chi connectivity index (χ2v) is 12.8. The van der Waals surface area contributed by atoms with Gasteiger partial charge in [-0.15, -0.1) is 0 Å². The summed E-state index contributed by atoms with van der Waals surface area (Å²) < 4.78 is 32.0. The zero-order chi connectivity index (χ0) is 30.3. The van der Waals surface area contributed by atoms with E-state index in [9.17, 15) is 18.0 Å². The minimum atomic E-state index is -3.96. The third kappa shape index (κ3) is 8.75. The average molecular weight is 641 g/mol. The van der Waals surface area contributed by atoms with Crippen LogP contribution in [0.5, 0.6) is 5.75 Å². The molecule has 41 heavy (non-hydrogen) atoms. The van der Waals surface area contributed by atoms with Gasteiger partial charge in [0.1, 0.15) is 18.3 Å². The molecule has 0 fully saturated rings. The summed E-state index contributed by atoms with van der Waals surface area (Å²) in [5.74, 6) is -0.699. The number of halogens is 3. The molecule has 2 amide bonds. The summed E-state index contributed by atoms with van der Waals surface area (Å²) in [4.78, 5) is 29.0. The van der Waals surface area contributed by atoms with E-state index >= 15 is 0 Å². The van der Waals surface area contributed by atoms with Crippen molar-refractivity contribution in [3.63, 3.8) is 0 Å². The molecule has 8 nitrogen and oxygen atoms in total. The molecule has 0 bridgehead atoms. The van der Waals surface area contributed by atoms with Gasteiger partial charge in [0.2, 0.25) is 21.8 Å². The van der Waals surface area contributed by atoms with Crippen LogP contribution in [-0.4, -0.2) is 57.1 Å². The largest absolute Gasteiger partial charge is 0.495 e. The van der Waals surface area contributed by atoms with E-state index in [1.165, 1.54) is 30.2 Å². The Morgan fingerprint density at radius 2 is 1.56 bits per heavy atom. The third-order valence-electron chi connectivity index (χ3n) is 6.19. The normalized spacial score (nSPS) is 12.1. The Balaban J connectivity index is 2.11. The second kappa shape index (κ2) is 14.3. The molecule has 0 aliphatic rings. The highest BCUT2D eigenvalue weighted by Gasteiger charge is 2.34. The average Bonchev–Trinajstić information content (AvgIpc) is 2.90. The molecular formula is C29H32Cl3N3O5S. The number of amides is 2. The standard InChI is InChI=1S/C29H32Cl3N3O5S/c1-19(2)33-29(37)26(15-20-9-6-5-7-10-20)34(17-22-23(30)11-8-12-24(22)31)28(36)18-35(41(4,38)39)21-13-14-27(40-3)25(32)16-21/h5-14,16,19,26H,15,17-18H2,1-4H3,(H,33,37)/t26-/m0/s1. The predicted octanol–water partition coefficient (Wildman–Crippen LogP) is 5.59. The molecule has 0 unspecified atom stereocenters. The molecular weight excluding hydrogens is 609 g/mol. The minimum Gasteiger partial charge on any atom is -0.495 e. The van der Waals surface area contributed by atoms with Crippen LogP contribution in [0, 0.1) is 0 Å². The Hall–Kier alpha value is -2.98. The SMILES string of the molecule is COc1ccc(N(CC(=O)N(Cc2c(Cl)cccc2Cl)[C@@H](Cc2ccccc2)C(=O)NC(C)C)S(C)(=O)=O)cc1Cl. The van der Waals surface area contributed by atoms with E-state index in [0.717, 1.165) is 16.1 Å². The van der Waals surface area contributed by atoms with Crippen LogP contribution in [0.3, 0.4) is 0 Å². The van der Waals surface area contributed by atoms with Crippen molar-refractivity contribution in [3.8, 4) is 5.75 Å². The van der Waals surface area contributed by atoms with Gasteiger partial charge < -0.3 is 15.0 Å². The van der Waals surface area contributed by atoms with E-state index in [0.29, 0.717) is 21.4 Å². The molecule has 3 aromatic carbocycles. The molecule has 0 heterocycles. The van der Waals surface area contributed by atoms with Crippen molar-refractivity contribution >= 4 is 62.3 Å². The number of carbonyl (C=O) groups excluding carboxylic acids is 2. The molecule has 0 aliphatic carbocycles. The number of methoxy groups -OCH3 is 1. The molecule has 0 radical (unpaired) electrons. The van der Waals surface area contributed by atoms with E-state index in [-0.39, 0.29) is 29.7 Å². The van der Waals surface area contributed by atoms with Crippen LogP contribution < -0.4 is 14.4 Å². The van der Waals surface area contributed by atoms with E-state index in [1.807, 2.05) is 44.2 Å². The lowest BCUT2D eigenvalue weighted by Gasteiger charge is -2.34. The van der Waals surface area contributed by atoms with Gasteiger partial charge in [-0.25, -0.2) is 8.42 Å². The molecule has 1 atom stereocenters. The number of hydrogen-bond donors (Lipinski definition) is 1. The van der Waals surface area contributed by atoms with Gasteiger partial charge in [-0.1, -0.05) is 71.2 Å².